The van der Waals surface area contributed by atoms with Gasteiger partial charge in [0, 0.05) is 12.6 Å². The Bertz CT molecular complexity index is 56.0. The lowest BCUT2D eigenvalue weighted by atomic mass is 10.3. The van der Waals surface area contributed by atoms with Crippen molar-refractivity contribution in [3.63, 3.8) is 0 Å². The van der Waals surface area contributed by atoms with Crippen LogP contribution in [0.3, 0.4) is 0 Å². The van der Waals surface area contributed by atoms with Crippen molar-refractivity contribution in [2.24, 2.45) is 5.84 Å². The first-order valence-electron chi connectivity index (χ1n) is 2.47. The molecule has 0 saturated carbocycles. The Labute approximate surface area is 55.0 Å². The Balaban J connectivity index is 0.000000490. The molecule has 0 spiro atoms. The van der Waals surface area contributed by atoms with E-state index in [9.17, 15) is 0 Å². The van der Waals surface area contributed by atoms with E-state index in [0.717, 1.165) is 19.6 Å². The summed E-state index contributed by atoms with van der Waals surface area (Å²) in [6, 6.07) is 0.403. The van der Waals surface area contributed by atoms with Crippen molar-refractivity contribution in [3.05, 3.63) is 0 Å². The molecule has 50 valence electrons. The van der Waals surface area contributed by atoms with Gasteiger partial charge in [0.2, 0.25) is 0 Å². The van der Waals surface area contributed by atoms with Crippen molar-refractivity contribution < 1.29 is 4.74 Å². The largest absolute Gasteiger partial charge is 0.380 e. The molecule has 3 N–H and O–H groups in total. The van der Waals surface area contributed by atoms with Crippen molar-refractivity contribution in [2.75, 3.05) is 13.2 Å². The third kappa shape index (κ3) is 1.96. The molecule has 0 aliphatic carbocycles. The molecule has 0 aromatic heterocycles. The third-order valence-electron chi connectivity index (χ3n) is 1.17. The molecule has 0 amide bonds. The fraction of sp³-hybridized carbons (Fsp3) is 1.00. The minimum absolute atomic E-state index is 0. The van der Waals surface area contributed by atoms with E-state index in [1.807, 2.05) is 0 Å². The second kappa shape index (κ2) is 4.09. The summed E-state index contributed by atoms with van der Waals surface area (Å²) >= 11 is 0. The average Bonchev–Trinajstić information content (AvgIpc) is 2.14. The second-order valence-electron chi connectivity index (χ2n) is 1.73. The molecule has 1 fully saturated rings. The van der Waals surface area contributed by atoms with Crippen molar-refractivity contribution in [3.8, 4) is 0 Å². The molecule has 1 aliphatic heterocycles. The van der Waals surface area contributed by atoms with Gasteiger partial charge in [-0.25, -0.2) is 0 Å². The maximum Gasteiger partial charge on any atom is 0.0633 e. The van der Waals surface area contributed by atoms with Crippen molar-refractivity contribution in [1.29, 1.82) is 0 Å². The first-order chi connectivity index (χ1) is 3.43. The van der Waals surface area contributed by atoms with Gasteiger partial charge in [-0.05, 0) is 6.42 Å². The zero-order valence-corrected chi connectivity index (χ0v) is 5.41. The number of hydrogen-bond donors (Lipinski definition) is 2. The fourth-order valence-electron chi connectivity index (χ4n) is 0.666. The highest BCUT2D eigenvalue weighted by atomic mass is 35.5. The molecular weight excluding hydrogens is 128 g/mol. The Hall–Kier alpha value is 0.170. The third-order valence-corrected chi connectivity index (χ3v) is 1.17. The summed E-state index contributed by atoms with van der Waals surface area (Å²) in [5.74, 6) is 5.10. The molecule has 3 nitrogen and oxygen atoms in total. The van der Waals surface area contributed by atoms with Crippen LogP contribution in [0.5, 0.6) is 0 Å². The first-order valence-corrected chi connectivity index (χ1v) is 2.47. The van der Waals surface area contributed by atoms with E-state index in [2.05, 4.69) is 5.43 Å². The minimum atomic E-state index is 0. The van der Waals surface area contributed by atoms with Crippen LogP contribution in [0.15, 0.2) is 0 Å². The van der Waals surface area contributed by atoms with Gasteiger partial charge >= 0.3 is 0 Å². The number of hydrazine groups is 1. The van der Waals surface area contributed by atoms with E-state index in [1.165, 1.54) is 0 Å². The van der Waals surface area contributed by atoms with Crippen molar-refractivity contribution >= 4 is 12.4 Å². The van der Waals surface area contributed by atoms with E-state index < -0.39 is 0 Å². The van der Waals surface area contributed by atoms with E-state index in [1.54, 1.807) is 0 Å². The van der Waals surface area contributed by atoms with Gasteiger partial charge in [0.15, 0.2) is 0 Å². The van der Waals surface area contributed by atoms with Crippen molar-refractivity contribution in [2.45, 2.75) is 12.5 Å². The van der Waals surface area contributed by atoms with Crippen LogP contribution < -0.4 is 11.3 Å². The second-order valence-corrected chi connectivity index (χ2v) is 1.73. The standard InChI is InChI=1S/C4H10N2O.ClH/c5-6-4-1-2-7-3-4;/h4,6H,1-3,5H2;1H/t4-;/m1./s1. The zero-order chi connectivity index (χ0) is 5.11. The highest BCUT2D eigenvalue weighted by Crippen LogP contribution is 2.00. The van der Waals surface area contributed by atoms with E-state index in [-0.39, 0.29) is 12.4 Å². The minimum Gasteiger partial charge on any atom is -0.380 e. The van der Waals surface area contributed by atoms with Crippen LogP contribution in [0.1, 0.15) is 6.42 Å². The monoisotopic (exact) mass is 138 g/mol. The molecule has 1 saturated heterocycles. The molecule has 0 aromatic rings. The van der Waals surface area contributed by atoms with E-state index >= 15 is 0 Å². The summed E-state index contributed by atoms with van der Waals surface area (Å²) < 4.78 is 5.01. The van der Waals surface area contributed by atoms with Crippen LogP contribution in [0, 0.1) is 0 Å². The van der Waals surface area contributed by atoms with Gasteiger partial charge in [-0.1, -0.05) is 0 Å². The lowest BCUT2D eigenvalue weighted by Gasteiger charge is -2.00. The molecule has 1 heterocycles. The Morgan fingerprint density at radius 1 is 1.62 bits per heavy atom. The Morgan fingerprint density at radius 3 is 2.62 bits per heavy atom. The molecular formula is C4H11ClN2O. The zero-order valence-electron chi connectivity index (χ0n) is 4.59. The van der Waals surface area contributed by atoms with E-state index in [4.69, 9.17) is 10.6 Å². The van der Waals surface area contributed by atoms with Crippen LogP contribution >= 0.6 is 12.4 Å². The van der Waals surface area contributed by atoms with Crippen LogP contribution in [0.2, 0.25) is 0 Å². The first kappa shape index (κ1) is 8.17. The van der Waals surface area contributed by atoms with Gasteiger partial charge < -0.3 is 4.74 Å². The predicted molar refractivity (Wildman–Crippen MR) is 33.8 cm³/mol. The molecule has 0 radical (unpaired) electrons. The van der Waals surface area contributed by atoms with Gasteiger partial charge in [-0.2, -0.15) is 0 Å². The highest BCUT2D eigenvalue weighted by molar-refractivity contribution is 5.85. The molecule has 8 heavy (non-hydrogen) atoms. The van der Waals surface area contributed by atoms with Crippen LogP contribution in [0.4, 0.5) is 0 Å². The number of ether oxygens (including phenoxy) is 1. The molecule has 0 unspecified atom stereocenters. The summed E-state index contributed by atoms with van der Waals surface area (Å²) in [7, 11) is 0. The number of nitrogens with one attached hydrogen (secondary N) is 1. The Morgan fingerprint density at radius 2 is 2.38 bits per heavy atom. The summed E-state index contributed by atoms with van der Waals surface area (Å²) in [5.41, 5.74) is 2.64. The molecule has 0 aromatic carbocycles. The smallest absolute Gasteiger partial charge is 0.0633 e. The van der Waals surface area contributed by atoms with Crippen LogP contribution in [-0.4, -0.2) is 19.3 Å². The number of hydrogen-bond acceptors (Lipinski definition) is 3. The topological polar surface area (TPSA) is 47.3 Å². The quantitative estimate of drug-likeness (QED) is 0.385. The average molecular weight is 139 g/mol. The SMILES string of the molecule is Cl.NN[C@@H]1CCOC1. The number of rotatable bonds is 1. The maximum atomic E-state index is 5.10. The van der Waals surface area contributed by atoms with E-state index in [0.29, 0.717) is 6.04 Å². The van der Waals surface area contributed by atoms with Crippen LogP contribution in [-0.2, 0) is 4.74 Å². The highest BCUT2D eigenvalue weighted by Gasteiger charge is 2.11. The maximum absolute atomic E-state index is 5.10. The van der Waals surface area contributed by atoms with Gasteiger partial charge in [-0.15, -0.1) is 12.4 Å². The number of halogens is 1. The normalized spacial score (nSPS) is 27.4. The van der Waals surface area contributed by atoms with Gasteiger partial charge in [-0.3, -0.25) is 11.3 Å². The fourth-order valence-corrected chi connectivity index (χ4v) is 0.666. The van der Waals surface area contributed by atoms with Crippen molar-refractivity contribution in [1.82, 2.24) is 5.43 Å². The Kier molecular flexibility index (Phi) is 4.18. The van der Waals surface area contributed by atoms with Crippen LogP contribution in [0.25, 0.3) is 0 Å². The molecule has 1 atom stereocenters. The molecule has 1 aliphatic rings. The summed E-state index contributed by atoms with van der Waals surface area (Å²) in [6.07, 6.45) is 1.05. The predicted octanol–water partition coefficient (Wildman–Crippen LogP) is -0.340. The molecule has 0 bridgehead atoms. The summed E-state index contributed by atoms with van der Waals surface area (Å²) in [5, 5.41) is 0. The molecule has 4 heteroatoms. The summed E-state index contributed by atoms with van der Waals surface area (Å²) in [4.78, 5) is 0. The van der Waals surface area contributed by atoms with Gasteiger partial charge in [0.1, 0.15) is 0 Å². The van der Waals surface area contributed by atoms with Gasteiger partial charge in [0.05, 0.1) is 6.61 Å². The molecule has 1 rings (SSSR count). The van der Waals surface area contributed by atoms with Gasteiger partial charge in [0.25, 0.3) is 0 Å². The number of nitrogens with two attached hydrogens (primary N) is 1. The lowest BCUT2D eigenvalue weighted by molar-refractivity contribution is 0.190. The summed E-state index contributed by atoms with van der Waals surface area (Å²) in [6.45, 7) is 1.63. The lowest BCUT2D eigenvalue weighted by Crippen LogP contribution is -2.34.